The topological polar surface area (TPSA) is 81.7 Å². The minimum absolute atomic E-state index is 0.0798. The maximum absolute atomic E-state index is 13.1. The number of hydrogen-bond donors (Lipinski definition) is 1. The van der Waals surface area contributed by atoms with E-state index in [1.165, 1.54) is 31.2 Å². The Labute approximate surface area is 178 Å². The van der Waals surface area contributed by atoms with Crippen molar-refractivity contribution in [2.45, 2.75) is 13.0 Å². The van der Waals surface area contributed by atoms with Crippen LogP contribution < -0.4 is 10.1 Å². The molecule has 3 rings (SSSR count). The number of esters is 1. The monoisotopic (exact) mass is 421 g/mol. The normalized spacial score (nSPS) is 11.3. The van der Waals surface area contributed by atoms with Gasteiger partial charge in [-0.15, -0.1) is 0 Å². The highest BCUT2D eigenvalue weighted by Crippen LogP contribution is 2.21. The molecule has 0 aliphatic heterocycles. The summed E-state index contributed by atoms with van der Waals surface area (Å²) in [4.78, 5) is 36.4. The van der Waals surface area contributed by atoms with Crippen molar-refractivity contribution in [3.63, 3.8) is 0 Å². The Morgan fingerprint density at radius 2 is 1.55 bits per heavy atom. The molecule has 0 radical (unpaired) electrons. The second-order valence-corrected chi connectivity index (χ2v) is 6.65. The molecule has 6 nitrogen and oxygen atoms in total. The zero-order valence-corrected chi connectivity index (χ0v) is 16.7. The first-order valence-electron chi connectivity index (χ1n) is 9.47. The van der Waals surface area contributed by atoms with Crippen molar-refractivity contribution in [1.82, 2.24) is 0 Å². The van der Waals surface area contributed by atoms with Gasteiger partial charge in [-0.3, -0.25) is 9.59 Å². The summed E-state index contributed by atoms with van der Waals surface area (Å²) in [6.07, 6.45) is -1.22. The Bertz CT molecular complexity index is 1050. The first kappa shape index (κ1) is 21.7. The van der Waals surface area contributed by atoms with Gasteiger partial charge in [-0.2, -0.15) is 0 Å². The van der Waals surface area contributed by atoms with Crippen LogP contribution in [0.5, 0.6) is 5.75 Å². The van der Waals surface area contributed by atoms with Gasteiger partial charge in [-0.1, -0.05) is 30.3 Å². The van der Waals surface area contributed by atoms with Gasteiger partial charge in [0, 0.05) is 16.8 Å². The average Bonchev–Trinajstić information content (AvgIpc) is 2.78. The van der Waals surface area contributed by atoms with Crippen molar-refractivity contribution in [3.05, 3.63) is 95.8 Å². The number of nitrogens with one attached hydrogen (secondary N) is 1. The van der Waals surface area contributed by atoms with E-state index < -0.39 is 30.4 Å². The van der Waals surface area contributed by atoms with E-state index in [0.717, 1.165) is 0 Å². The quantitative estimate of drug-likeness (QED) is 0.433. The number of carbonyl (C=O) groups is 3. The molecule has 1 atom stereocenters. The van der Waals surface area contributed by atoms with E-state index in [0.29, 0.717) is 22.6 Å². The van der Waals surface area contributed by atoms with Crippen LogP contribution >= 0.6 is 0 Å². The number of Topliss-reactive ketones (excluding diaryl/α,β-unsaturated/α-hetero) is 1. The van der Waals surface area contributed by atoms with E-state index in [2.05, 4.69) is 5.32 Å². The Morgan fingerprint density at radius 1 is 0.903 bits per heavy atom. The number of benzene rings is 3. The van der Waals surface area contributed by atoms with Gasteiger partial charge in [-0.25, -0.2) is 9.18 Å². The summed E-state index contributed by atoms with van der Waals surface area (Å²) >= 11 is 0. The standard InChI is InChI=1S/C24H20FNO5/c1-16(27)17-7-13-21(14-8-17)30-15-22(28)31-23(18-5-3-2-4-6-18)24(29)26-20-11-9-19(25)10-12-20/h2-14,23H,15H2,1H3,(H,26,29). The maximum Gasteiger partial charge on any atom is 0.345 e. The Kier molecular flexibility index (Phi) is 7.11. The van der Waals surface area contributed by atoms with Crippen molar-refractivity contribution in [1.29, 1.82) is 0 Å². The van der Waals surface area contributed by atoms with Gasteiger partial charge >= 0.3 is 5.97 Å². The summed E-state index contributed by atoms with van der Waals surface area (Å²) in [5, 5.41) is 2.61. The molecular formula is C24H20FNO5. The fourth-order valence-electron chi connectivity index (χ4n) is 2.74. The predicted molar refractivity (Wildman–Crippen MR) is 112 cm³/mol. The lowest BCUT2D eigenvalue weighted by atomic mass is 10.1. The van der Waals surface area contributed by atoms with Crippen LogP contribution in [-0.2, 0) is 14.3 Å². The molecule has 1 unspecified atom stereocenters. The molecule has 1 amide bonds. The molecule has 0 aliphatic carbocycles. The van der Waals surface area contributed by atoms with Crippen LogP contribution in [-0.4, -0.2) is 24.3 Å². The number of carbonyl (C=O) groups excluding carboxylic acids is 3. The molecule has 0 bridgehead atoms. The van der Waals surface area contributed by atoms with E-state index in [-0.39, 0.29) is 5.78 Å². The second-order valence-electron chi connectivity index (χ2n) is 6.65. The summed E-state index contributed by atoms with van der Waals surface area (Å²) in [5.74, 6) is -1.47. The summed E-state index contributed by atoms with van der Waals surface area (Å²) in [6, 6.07) is 20.1. The fourth-order valence-corrected chi connectivity index (χ4v) is 2.74. The van der Waals surface area contributed by atoms with E-state index in [1.54, 1.807) is 54.6 Å². The van der Waals surface area contributed by atoms with Gasteiger partial charge in [0.1, 0.15) is 11.6 Å². The van der Waals surface area contributed by atoms with E-state index in [4.69, 9.17) is 9.47 Å². The van der Waals surface area contributed by atoms with Crippen LogP contribution in [0, 0.1) is 5.82 Å². The smallest absolute Gasteiger partial charge is 0.345 e. The predicted octanol–water partition coefficient (Wildman–Crippen LogP) is 4.33. The molecule has 7 heteroatoms. The first-order valence-corrected chi connectivity index (χ1v) is 9.47. The largest absolute Gasteiger partial charge is 0.482 e. The number of amides is 1. The molecule has 3 aromatic rings. The minimum Gasteiger partial charge on any atom is -0.482 e. The highest BCUT2D eigenvalue weighted by Gasteiger charge is 2.25. The number of ether oxygens (including phenoxy) is 2. The highest BCUT2D eigenvalue weighted by molar-refractivity contribution is 5.96. The number of anilines is 1. The van der Waals surface area contributed by atoms with Gasteiger partial charge in [0.15, 0.2) is 12.4 Å². The molecule has 3 aromatic carbocycles. The molecule has 31 heavy (non-hydrogen) atoms. The third kappa shape index (κ3) is 6.24. The minimum atomic E-state index is -1.22. The summed E-state index contributed by atoms with van der Waals surface area (Å²) in [6.45, 7) is 1.03. The molecule has 1 N–H and O–H groups in total. The Balaban J connectivity index is 1.66. The SMILES string of the molecule is CC(=O)c1ccc(OCC(=O)OC(C(=O)Nc2ccc(F)cc2)c2ccccc2)cc1. The fraction of sp³-hybridized carbons (Fsp3) is 0.125. The molecule has 0 saturated carbocycles. The van der Waals surface area contributed by atoms with Gasteiger partial charge in [0.05, 0.1) is 0 Å². The molecule has 0 fully saturated rings. The number of rotatable bonds is 8. The van der Waals surface area contributed by atoms with Crippen molar-refractivity contribution in [2.24, 2.45) is 0 Å². The molecule has 0 saturated heterocycles. The maximum atomic E-state index is 13.1. The summed E-state index contributed by atoms with van der Waals surface area (Å²) in [7, 11) is 0. The molecule has 0 aliphatic rings. The number of ketones is 1. The second kappa shape index (κ2) is 10.2. The van der Waals surface area contributed by atoms with Crippen LogP contribution in [0.15, 0.2) is 78.9 Å². The van der Waals surface area contributed by atoms with Crippen molar-refractivity contribution >= 4 is 23.3 Å². The van der Waals surface area contributed by atoms with Crippen molar-refractivity contribution in [3.8, 4) is 5.75 Å². The van der Waals surface area contributed by atoms with Crippen molar-refractivity contribution in [2.75, 3.05) is 11.9 Å². The van der Waals surface area contributed by atoms with Crippen LogP contribution in [0.1, 0.15) is 28.9 Å². The summed E-state index contributed by atoms with van der Waals surface area (Å²) < 4.78 is 23.9. The van der Waals surface area contributed by atoms with Crippen LogP contribution in [0.2, 0.25) is 0 Å². The van der Waals surface area contributed by atoms with Gasteiger partial charge in [-0.05, 0) is 55.5 Å². The molecule has 0 aromatic heterocycles. The lowest BCUT2D eigenvalue weighted by molar-refractivity contribution is -0.156. The molecule has 158 valence electrons. The third-order valence-electron chi connectivity index (χ3n) is 4.32. The summed E-state index contributed by atoms with van der Waals surface area (Å²) in [5.41, 5.74) is 1.36. The van der Waals surface area contributed by atoms with E-state index in [9.17, 15) is 18.8 Å². The van der Waals surface area contributed by atoms with Gasteiger partial charge < -0.3 is 14.8 Å². The first-order chi connectivity index (χ1) is 14.9. The van der Waals surface area contributed by atoms with Gasteiger partial charge in [0.25, 0.3) is 5.91 Å². The van der Waals surface area contributed by atoms with Crippen molar-refractivity contribution < 1.29 is 28.2 Å². The lowest BCUT2D eigenvalue weighted by Crippen LogP contribution is -2.28. The zero-order valence-electron chi connectivity index (χ0n) is 16.7. The van der Waals surface area contributed by atoms with Gasteiger partial charge in [0.2, 0.25) is 6.10 Å². The number of hydrogen-bond acceptors (Lipinski definition) is 5. The van der Waals surface area contributed by atoms with Crippen LogP contribution in [0.25, 0.3) is 0 Å². The highest BCUT2D eigenvalue weighted by atomic mass is 19.1. The molecule has 0 spiro atoms. The lowest BCUT2D eigenvalue weighted by Gasteiger charge is -2.18. The van der Waals surface area contributed by atoms with E-state index >= 15 is 0 Å². The van der Waals surface area contributed by atoms with Crippen LogP contribution in [0.3, 0.4) is 0 Å². The van der Waals surface area contributed by atoms with E-state index in [1.807, 2.05) is 0 Å². The third-order valence-corrected chi connectivity index (χ3v) is 4.32. The Morgan fingerprint density at radius 3 is 2.16 bits per heavy atom. The number of halogens is 1. The van der Waals surface area contributed by atoms with Crippen LogP contribution in [0.4, 0.5) is 10.1 Å². The molecular weight excluding hydrogens is 401 g/mol. The molecule has 0 heterocycles. The Hall–Kier alpha value is -4.00. The average molecular weight is 421 g/mol. The zero-order chi connectivity index (χ0) is 22.2.